The molecule has 23 heavy (non-hydrogen) atoms. The number of hydrogen-bond acceptors (Lipinski definition) is 3. The molecule has 0 fully saturated rings. The van der Waals surface area contributed by atoms with Gasteiger partial charge in [0, 0.05) is 12.6 Å². The van der Waals surface area contributed by atoms with Crippen molar-refractivity contribution in [2.24, 2.45) is 0 Å². The van der Waals surface area contributed by atoms with Crippen LogP contribution in [0.3, 0.4) is 0 Å². The third-order valence-electron chi connectivity index (χ3n) is 4.65. The van der Waals surface area contributed by atoms with E-state index in [4.69, 9.17) is 4.43 Å². The van der Waals surface area contributed by atoms with Crippen LogP contribution in [0.5, 0.6) is 0 Å². The average molecular weight is 329 g/mol. The molecule has 4 nitrogen and oxygen atoms in total. The predicted octanol–water partition coefficient (Wildman–Crippen LogP) is 3.04. The molecule has 0 bridgehead atoms. The highest BCUT2D eigenvalue weighted by Crippen LogP contribution is 2.50. The lowest BCUT2D eigenvalue weighted by Crippen LogP contribution is -2.57. The van der Waals surface area contributed by atoms with Gasteiger partial charge in [0.25, 0.3) is 0 Å². The molecule has 0 spiro atoms. The molecule has 0 N–H and O–H groups in total. The van der Waals surface area contributed by atoms with Crippen molar-refractivity contribution in [3.8, 4) is 0 Å². The van der Waals surface area contributed by atoms with Crippen molar-refractivity contribution in [1.82, 2.24) is 0 Å². The maximum Gasteiger partial charge on any atom is 0.224 e. The van der Waals surface area contributed by atoms with Crippen molar-refractivity contribution in [3.05, 3.63) is 42.0 Å². The Morgan fingerprint density at radius 3 is 2.65 bits per heavy atom. The van der Waals surface area contributed by atoms with Crippen LogP contribution in [-0.2, 0) is 19.4 Å². The van der Waals surface area contributed by atoms with E-state index in [1.54, 1.807) is 11.8 Å². The summed E-state index contributed by atoms with van der Waals surface area (Å²) in [7, 11) is -1.85. The van der Waals surface area contributed by atoms with Crippen LogP contribution in [0.1, 0.15) is 18.9 Å². The smallest absolute Gasteiger partial charge is 0.224 e. The monoisotopic (exact) mass is 329 g/mol. The first kappa shape index (κ1) is 16.1. The van der Waals surface area contributed by atoms with Crippen molar-refractivity contribution in [3.63, 3.8) is 0 Å². The van der Waals surface area contributed by atoms with Gasteiger partial charge in [0.05, 0.1) is 12.1 Å². The maximum atomic E-state index is 12.4. The third kappa shape index (κ3) is 2.39. The molecule has 5 heteroatoms. The summed E-state index contributed by atoms with van der Waals surface area (Å²) >= 11 is 0. The molecule has 1 aliphatic carbocycles. The quantitative estimate of drug-likeness (QED) is 0.486. The zero-order chi connectivity index (χ0) is 16.8. The first-order valence-corrected chi connectivity index (χ1v) is 11.4. The summed E-state index contributed by atoms with van der Waals surface area (Å²) in [5.41, 5.74) is 0.935. The number of rotatable bonds is 3. The second kappa shape index (κ2) is 5.42. The van der Waals surface area contributed by atoms with Gasteiger partial charge in [-0.3, -0.25) is 4.79 Å². The fourth-order valence-electron chi connectivity index (χ4n) is 3.86. The molecular formula is C18H23NO3Si. The van der Waals surface area contributed by atoms with E-state index in [9.17, 15) is 9.59 Å². The number of hydrogen-bond donors (Lipinski definition) is 0. The Morgan fingerprint density at radius 1 is 1.35 bits per heavy atom. The van der Waals surface area contributed by atoms with Gasteiger partial charge in [0.1, 0.15) is 11.7 Å². The first-order chi connectivity index (χ1) is 10.8. The lowest BCUT2D eigenvalue weighted by atomic mass is 9.69. The van der Waals surface area contributed by atoms with Crippen LogP contribution in [0.15, 0.2) is 36.4 Å². The molecule has 1 aromatic carbocycles. The third-order valence-corrected chi connectivity index (χ3v) is 5.61. The molecule has 1 heterocycles. The number of amides is 1. The van der Waals surface area contributed by atoms with Crippen LogP contribution < -0.4 is 4.90 Å². The molecule has 3 atom stereocenters. The summed E-state index contributed by atoms with van der Waals surface area (Å²) < 4.78 is 6.35. The van der Waals surface area contributed by atoms with E-state index in [0.717, 1.165) is 17.5 Å². The van der Waals surface area contributed by atoms with Crippen molar-refractivity contribution in [1.29, 1.82) is 0 Å². The van der Waals surface area contributed by atoms with Gasteiger partial charge in [-0.25, -0.2) is 0 Å². The minimum absolute atomic E-state index is 0.0340. The van der Waals surface area contributed by atoms with Crippen LogP contribution in [0.25, 0.3) is 0 Å². The largest absolute Gasteiger partial charge is 0.410 e. The van der Waals surface area contributed by atoms with E-state index in [-0.39, 0.29) is 18.1 Å². The summed E-state index contributed by atoms with van der Waals surface area (Å²) in [4.78, 5) is 26.4. The van der Waals surface area contributed by atoms with Gasteiger partial charge in [-0.15, -0.1) is 0 Å². The van der Waals surface area contributed by atoms with Crippen LogP contribution in [-0.4, -0.2) is 32.7 Å². The Balaban J connectivity index is 2.20. The van der Waals surface area contributed by atoms with E-state index in [0.29, 0.717) is 6.42 Å². The van der Waals surface area contributed by atoms with E-state index < -0.39 is 13.7 Å². The van der Waals surface area contributed by atoms with Crippen LogP contribution in [0, 0.1) is 0 Å². The van der Waals surface area contributed by atoms with Gasteiger partial charge in [0.15, 0.2) is 8.32 Å². The topological polar surface area (TPSA) is 46.6 Å². The molecule has 0 aromatic heterocycles. The molecule has 122 valence electrons. The zero-order valence-electron chi connectivity index (χ0n) is 14.1. The first-order valence-electron chi connectivity index (χ1n) is 8.01. The second-order valence-corrected chi connectivity index (χ2v) is 11.7. The van der Waals surface area contributed by atoms with Crippen LogP contribution in [0.4, 0.5) is 5.69 Å². The van der Waals surface area contributed by atoms with Crippen molar-refractivity contribution in [2.75, 3.05) is 4.90 Å². The Bertz CT molecular complexity index is 679. The van der Waals surface area contributed by atoms with Crippen molar-refractivity contribution in [2.45, 2.75) is 50.5 Å². The summed E-state index contributed by atoms with van der Waals surface area (Å²) in [6.07, 6.45) is 5.39. The minimum atomic E-state index is -1.85. The van der Waals surface area contributed by atoms with Gasteiger partial charge in [-0.1, -0.05) is 30.4 Å². The van der Waals surface area contributed by atoms with Gasteiger partial charge >= 0.3 is 0 Å². The highest BCUT2D eigenvalue weighted by Gasteiger charge is 2.58. The van der Waals surface area contributed by atoms with E-state index in [1.165, 1.54) is 0 Å². The Morgan fingerprint density at radius 2 is 2.04 bits per heavy atom. The molecule has 3 unspecified atom stereocenters. The predicted molar refractivity (Wildman–Crippen MR) is 93.1 cm³/mol. The van der Waals surface area contributed by atoms with Gasteiger partial charge in [0.2, 0.25) is 5.91 Å². The Hall–Kier alpha value is -1.72. The minimum Gasteiger partial charge on any atom is -0.410 e. The molecular weight excluding hydrogens is 306 g/mol. The molecule has 2 aliphatic rings. The fourth-order valence-corrected chi connectivity index (χ4v) is 4.90. The lowest BCUT2D eigenvalue weighted by Gasteiger charge is -2.43. The summed E-state index contributed by atoms with van der Waals surface area (Å²) in [5, 5.41) is 0. The Labute approximate surface area is 138 Å². The molecule has 0 saturated heterocycles. The lowest BCUT2D eigenvalue weighted by molar-refractivity contribution is -0.118. The second-order valence-electron chi connectivity index (χ2n) is 7.29. The summed E-state index contributed by atoms with van der Waals surface area (Å²) in [6, 6.07) is 7.51. The standard InChI is InChI=1S/C18H23NO3Si/c1-13(21)19-15-9-6-5-8-14(15)18(12-20)16(19)10-7-11-17(18)22-23(2,3)4/h5-9,11-12,16-17H,10H2,1-4H3. The van der Waals surface area contributed by atoms with E-state index >= 15 is 0 Å². The SMILES string of the molecule is CC(=O)N1c2ccccc2C2(C=O)C(O[Si](C)(C)C)C=CCC12. The molecule has 3 rings (SSSR count). The zero-order valence-corrected chi connectivity index (χ0v) is 15.1. The normalized spacial score (nSPS) is 29.1. The molecule has 0 radical (unpaired) electrons. The van der Waals surface area contributed by atoms with Crippen molar-refractivity contribution < 1.29 is 14.0 Å². The number of nitrogens with zero attached hydrogens (tertiary/aromatic N) is 1. The number of carbonyl (C=O) groups is 2. The number of benzene rings is 1. The number of fused-ring (bicyclic) bond motifs is 3. The van der Waals surface area contributed by atoms with Gasteiger partial charge in [-0.2, -0.15) is 0 Å². The number of anilines is 1. The van der Waals surface area contributed by atoms with Gasteiger partial charge in [-0.05, 0) is 37.7 Å². The van der Waals surface area contributed by atoms with Crippen LogP contribution >= 0.6 is 0 Å². The Kier molecular flexibility index (Phi) is 3.81. The number of aldehydes is 1. The maximum absolute atomic E-state index is 12.4. The summed E-state index contributed by atoms with van der Waals surface area (Å²) in [6.45, 7) is 7.91. The highest BCUT2D eigenvalue weighted by molar-refractivity contribution is 6.69. The highest BCUT2D eigenvalue weighted by atomic mass is 28.4. The van der Waals surface area contributed by atoms with E-state index in [1.807, 2.05) is 36.4 Å². The van der Waals surface area contributed by atoms with Crippen LogP contribution in [0.2, 0.25) is 19.6 Å². The molecule has 0 saturated carbocycles. The average Bonchev–Trinajstić information content (AvgIpc) is 2.77. The molecule has 1 aromatic rings. The van der Waals surface area contributed by atoms with E-state index in [2.05, 4.69) is 19.6 Å². The number of para-hydroxylation sites is 1. The number of carbonyl (C=O) groups excluding carboxylic acids is 2. The van der Waals surface area contributed by atoms with Gasteiger partial charge < -0.3 is 14.1 Å². The van der Waals surface area contributed by atoms with Crippen molar-refractivity contribution >= 4 is 26.2 Å². The fraction of sp³-hybridized carbons (Fsp3) is 0.444. The molecule has 1 aliphatic heterocycles. The molecule has 1 amide bonds. The summed E-state index contributed by atoms with van der Waals surface area (Å²) in [5.74, 6) is -0.0340.